The third kappa shape index (κ3) is 2.92. The van der Waals surface area contributed by atoms with Crippen molar-refractivity contribution in [3.8, 4) is 5.75 Å². The molecule has 0 bridgehead atoms. The third-order valence-electron chi connectivity index (χ3n) is 4.09. The predicted molar refractivity (Wildman–Crippen MR) is 87.1 cm³/mol. The van der Waals surface area contributed by atoms with E-state index in [9.17, 15) is 0 Å². The number of hydrogen-bond acceptors (Lipinski definition) is 2. The molecule has 1 atom stereocenters. The second-order valence-corrected chi connectivity index (χ2v) is 6.55. The molecule has 21 heavy (non-hydrogen) atoms. The summed E-state index contributed by atoms with van der Waals surface area (Å²) in [5.41, 5.74) is 10.8. The van der Waals surface area contributed by atoms with Gasteiger partial charge in [0.15, 0.2) is 0 Å². The van der Waals surface area contributed by atoms with Crippen molar-refractivity contribution in [2.24, 2.45) is 5.73 Å². The fourth-order valence-electron chi connectivity index (χ4n) is 2.91. The van der Waals surface area contributed by atoms with E-state index in [1.54, 1.807) is 0 Å². The molecule has 0 amide bonds. The summed E-state index contributed by atoms with van der Waals surface area (Å²) >= 11 is 6.23. The van der Waals surface area contributed by atoms with Gasteiger partial charge in [-0.25, -0.2) is 0 Å². The zero-order valence-electron chi connectivity index (χ0n) is 12.4. The summed E-state index contributed by atoms with van der Waals surface area (Å²) in [7, 11) is 0. The molecule has 2 aromatic carbocycles. The minimum absolute atomic E-state index is 0.446. The van der Waals surface area contributed by atoms with Gasteiger partial charge in [0.05, 0.1) is 6.61 Å². The minimum atomic E-state index is -0.446. The molecule has 1 aliphatic heterocycles. The molecule has 0 spiro atoms. The Kier molecular flexibility index (Phi) is 3.68. The normalized spacial score (nSPS) is 16.2. The van der Waals surface area contributed by atoms with E-state index in [-0.39, 0.29) is 0 Å². The summed E-state index contributed by atoms with van der Waals surface area (Å²) in [6.45, 7) is 4.86. The van der Waals surface area contributed by atoms with Gasteiger partial charge in [-0.15, -0.1) is 0 Å². The first-order chi connectivity index (χ1) is 9.95. The Bertz CT molecular complexity index is 662. The molecule has 110 valence electrons. The van der Waals surface area contributed by atoms with Gasteiger partial charge < -0.3 is 10.5 Å². The average molecular weight is 302 g/mol. The summed E-state index contributed by atoms with van der Waals surface area (Å²) in [6, 6.07) is 12.4. The monoisotopic (exact) mass is 301 g/mol. The van der Waals surface area contributed by atoms with Crippen LogP contribution in [0.5, 0.6) is 5.75 Å². The zero-order valence-corrected chi connectivity index (χ0v) is 13.2. The van der Waals surface area contributed by atoms with Crippen LogP contribution in [-0.4, -0.2) is 6.61 Å². The molecule has 1 aliphatic rings. The number of hydrogen-bond donors (Lipinski definition) is 1. The number of rotatable bonds is 3. The zero-order chi connectivity index (χ0) is 15.0. The number of nitrogens with two attached hydrogens (primary N) is 1. The number of fused-ring (bicyclic) bond motifs is 1. The van der Waals surface area contributed by atoms with Crippen LogP contribution in [0.25, 0.3) is 0 Å². The van der Waals surface area contributed by atoms with Gasteiger partial charge in [0.1, 0.15) is 5.75 Å². The topological polar surface area (TPSA) is 35.2 Å². The first-order valence-corrected chi connectivity index (χ1v) is 7.64. The van der Waals surface area contributed by atoms with Gasteiger partial charge in [0, 0.05) is 17.0 Å². The van der Waals surface area contributed by atoms with E-state index in [0.717, 1.165) is 34.9 Å². The second kappa shape index (κ2) is 5.36. The average Bonchev–Trinajstić information content (AvgIpc) is 2.87. The lowest BCUT2D eigenvalue weighted by Crippen LogP contribution is -2.35. The van der Waals surface area contributed by atoms with Crippen LogP contribution >= 0.6 is 11.6 Å². The van der Waals surface area contributed by atoms with Crippen molar-refractivity contribution in [3.05, 3.63) is 63.7 Å². The molecule has 2 N–H and O–H groups in total. The molecular formula is C18H20ClNO. The van der Waals surface area contributed by atoms with Gasteiger partial charge in [-0.1, -0.05) is 41.4 Å². The van der Waals surface area contributed by atoms with Crippen molar-refractivity contribution >= 4 is 11.6 Å². The Balaban J connectivity index is 1.94. The lowest BCUT2D eigenvalue weighted by atomic mass is 9.85. The summed E-state index contributed by atoms with van der Waals surface area (Å²) in [4.78, 5) is 0. The number of aryl methyl sites for hydroxylation is 1. The molecule has 3 heteroatoms. The lowest BCUT2D eigenvalue weighted by Gasteiger charge is -2.26. The van der Waals surface area contributed by atoms with Gasteiger partial charge >= 0.3 is 0 Å². The molecule has 1 unspecified atom stereocenters. The van der Waals surface area contributed by atoms with Crippen LogP contribution in [0.4, 0.5) is 0 Å². The molecule has 3 rings (SSSR count). The SMILES string of the molecule is Cc1ccc(C(C)(N)Cc2cc(Cl)cc3c2OCC3)cc1. The predicted octanol–water partition coefficient (Wildman–Crippen LogP) is 4.00. The van der Waals surface area contributed by atoms with Crippen molar-refractivity contribution in [3.63, 3.8) is 0 Å². The van der Waals surface area contributed by atoms with E-state index in [2.05, 4.69) is 38.1 Å². The molecule has 2 nitrogen and oxygen atoms in total. The molecule has 2 aromatic rings. The van der Waals surface area contributed by atoms with Crippen molar-refractivity contribution in [2.75, 3.05) is 6.61 Å². The van der Waals surface area contributed by atoms with Crippen LogP contribution in [-0.2, 0) is 18.4 Å². The summed E-state index contributed by atoms with van der Waals surface area (Å²) in [5.74, 6) is 0.975. The van der Waals surface area contributed by atoms with Crippen molar-refractivity contribution in [2.45, 2.75) is 32.2 Å². The second-order valence-electron chi connectivity index (χ2n) is 6.11. The Morgan fingerprint density at radius 3 is 2.67 bits per heavy atom. The highest BCUT2D eigenvalue weighted by Gasteiger charge is 2.26. The van der Waals surface area contributed by atoms with Gasteiger partial charge in [-0.05, 0) is 49.1 Å². The smallest absolute Gasteiger partial charge is 0.125 e. The maximum absolute atomic E-state index is 6.57. The Hall–Kier alpha value is -1.51. The standard InChI is InChI=1S/C18H20ClNO/c1-12-3-5-15(6-4-12)18(2,20)11-14-10-16(19)9-13-7-8-21-17(13)14/h3-6,9-10H,7-8,11,20H2,1-2H3. The number of halogens is 1. The van der Waals surface area contributed by atoms with Crippen LogP contribution in [0.15, 0.2) is 36.4 Å². The van der Waals surface area contributed by atoms with E-state index in [0.29, 0.717) is 6.42 Å². The fourth-order valence-corrected chi connectivity index (χ4v) is 3.17. The third-order valence-corrected chi connectivity index (χ3v) is 4.31. The largest absolute Gasteiger partial charge is 0.493 e. The summed E-state index contributed by atoms with van der Waals surface area (Å²) in [6.07, 6.45) is 1.63. The lowest BCUT2D eigenvalue weighted by molar-refractivity contribution is 0.349. The van der Waals surface area contributed by atoms with E-state index in [1.165, 1.54) is 11.1 Å². The van der Waals surface area contributed by atoms with Gasteiger partial charge in [0.25, 0.3) is 0 Å². The van der Waals surface area contributed by atoms with Crippen LogP contribution in [0.3, 0.4) is 0 Å². The van der Waals surface area contributed by atoms with Crippen LogP contribution in [0.2, 0.25) is 5.02 Å². The first kappa shape index (κ1) is 14.4. The number of ether oxygens (including phenoxy) is 1. The maximum atomic E-state index is 6.57. The minimum Gasteiger partial charge on any atom is -0.493 e. The van der Waals surface area contributed by atoms with Crippen molar-refractivity contribution in [1.82, 2.24) is 0 Å². The van der Waals surface area contributed by atoms with E-state index < -0.39 is 5.54 Å². The quantitative estimate of drug-likeness (QED) is 0.930. The molecule has 0 aromatic heterocycles. The Morgan fingerprint density at radius 2 is 1.95 bits per heavy atom. The Morgan fingerprint density at radius 1 is 1.24 bits per heavy atom. The van der Waals surface area contributed by atoms with Crippen molar-refractivity contribution in [1.29, 1.82) is 0 Å². The van der Waals surface area contributed by atoms with Crippen LogP contribution < -0.4 is 10.5 Å². The molecule has 0 saturated carbocycles. The maximum Gasteiger partial charge on any atom is 0.125 e. The molecule has 0 radical (unpaired) electrons. The summed E-state index contributed by atoms with van der Waals surface area (Å²) in [5, 5.41) is 0.758. The molecular weight excluding hydrogens is 282 g/mol. The van der Waals surface area contributed by atoms with Gasteiger partial charge in [-0.2, -0.15) is 0 Å². The fraction of sp³-hybridized carbons (Fsp3) is 0.333. The highest BCUT2D eigenvalue weighted by molar-refractivity contribution is 6.30. The Labute approximate surface area is 130 Å². The molecule has 0 saturated heterocycles. The molecule has 0 fully saturated rings. The molecule has 0 aliphatic carbocycles. The van der Waals surface area contributed by atoms with Crippen LogP contribution in [0, 0.1) is 6.92 Å². The number of benzene rings is 2. The van der Waals surface area contributed by atoms with Crippen LogP contribution in [0.1, 0.15) is 29.2 Å². The van der Waals surface area contributed by atoms with E-state index >= 15 is 0 Å². The van der Waals surface area contributed by atoms with Gasteiger partial charge in [-0.3, -0.25) is 0 Å². The first-order valence-electron chi connectivity index (χ1n) is 7.26. The van der Waals surface area contributed by atoms with E-state index in [4.69, 9.17) is 22.1 Å². The summed E-state index contributed by atoms with van der Waals surface area (Å²) < 4.78 is 5.77. The molecule has 1 heterocycles. The van der Waals surface area contributed by atoms with E-state index in [1.807, 2.05) is 12.1 Å². The highest BCUT2D eigenvalue weighted by atomic mass is 35.5. The van der Waals surface area contributed by atoms with Gasteiger partial charge in [0.2, 0.25) is 0 Å². The van der Waals surface area contributed by atoms with Crippen molar-refractivity contribution < 1.29 is 4.74 Å². The highest BCUT2D eigenvalue weighted by Crippen LogP contribution is 2.36.